The molecule has 3 N–H and O–H groups in total. The van der Waals surface area contributed by atoms with Crippen LogP contribution in [-0.4, -0.2) is 56.1 Å². The fraction of sp³-hybridized carbons (Fsp3) is 0.167. The number of aromatic nitrogens is 4. The lowest BCUT2D eigenvalue weighted by molar-refractivity contribution is -0.130. The van der Waals surface area contributed by atoms with Crippen LogP contribution in [-0.2, 0) is 11.2 Å². The number of carbonyl (C=O) groups is 1. The number of nitrogens with one attached hydrogen (secondary N) is 2. The molecule has 41 heavy (non-hydrogen) atoms. The van der Waals surface area contributed by atoms with Crippen molar-refractivity contribution in [3.05, 3.63) is 109 Å². The number of halogens is 2. The Hall–Kier alpha value is -4.03. The van der Waals surface area contributed by atoms with Crippen LogP contribution in [0, 0.1) is 3.57 Å². The number of benzene rings is 3. The molecule has 0 fully saturated rings. The van der Waals surface area contributed by atoms with Gasteiger partial charge in [-0.2, -0.15) is 0 Å². The van der Waals surface area contributed by atoms with E-state index in [-0.39, 0.29) is 24.1 Å². The van der Waals surface area contributed by atoms with Crippen molar-refractivity contribution < 1.29 is 14.6 Å². The summed E-state index contributed by atoms with van der Waals surface area (Å²) in [7, 11) is 3.31. The standard InChI is InChI=1S/C30H27ClIN5O4/c1-36(2)26(38)17-41-21-11-8-19(9-12-21)27-29(39)37(30(40)35-27)25(14-18-6-4-3-5-7-18)28-33-16-24(34-28)22-13-10-20(32)15-23(22)31/h3-13,15-16,25,39H,14,17H2,1-2H3,(H,33,34)(H,35,40)/t25-/m0/s1. The van der Waals surface area contributed by atoms with Gasteiger partial charge in [-0.05, 0) is 64.6 Å². The number of aromatic hydroxyl groups is 1. The Kier molecular flexibility index (Phi) is 8.50. The third-order valence-electron chi connectivity index (χ3n) is 6.62. The van der Waals surface area contributed by atoms with Gasteiger partial charge in [0.15, 0.2) is 6.61 Å². The number of likely N-dealkylation sites (N-methyl/N-ethyl adjacent to an activating group) is 1. The monoisotopic (exact) mass is 683 g/mol. The highest BCUT2D eigenvalue weighted by atomic mass is 127. The molecule has 9 nitrogen and oxygen atoms in total. The predicted octanol–water partition coefficient (Wildman–Crippen LogP) is 5.50. The van der Waals surface area contributed by atoms with Crippen molar-refractivity contribution in [3.8, 4) is 34.1 Å². The molecule has 2 aromatic heterocycles. The Morgan fingerprint density at radius 1 is 1.10 bits per heavy atom. The van der Waals surface area contributed by atoms with Gasteiger partial charge in [-0.15, -0.1) is 0 Å². The number of hydrogen-bond donors (Lipinski definition) is 3. The molecule has 0 saturated heterocycles. The summed E-state index contributed by atoms with van der Waals surface area (Å²) in [5.41, 5.74) is 2.80. The fourth-order valence-corrected chi connectivity index (χ4v) is 5.38. The van der Waals surface area contributed by atoms with Gasteiger partial charge >= 0.3 is 5.69 Å². The van der Waals surface area contributed by atoms with Crippen LogP contribution in [0.5, 0.6) is 11.6 Å². The van der Waals surface area contributed by atoms with Crippen molar-refractivity contribution in [2.45, 2.75) is 12.5 Å². The first-order chi connectivity index (χ1) is 19.7. The summed E-state index contributed by atoms with van der Waals surface area (Å²) < 4.78 is 7.86. The highest BCUT2D eigenvalue weighted by molar-refractivity contribution is 14.1. The van der Waals surface area contributed by atoms with Crippen LogP contribution < -0.4 is 10.4 Å². The van der Waals surface area contributed by atoms with Crippen molar-refractivity contribution >= 4 is 40.1 Å². The first kappa shape index (κ1) is 28.5. The minimum Gasteiger partial charge on any atom is -0.493 e. The van der Waals surface area contributed by atoms with Crippen molar-refractivity contribution in [3.63, 3.8) is 0 Å². The summed E-state index contributed by atoms with van der Waals surface area (Å²) in [5, 5.41) is 11.9. The second-order valence-electron chi connectivity index (χ2n) is 9.61. The maximum atomic E-state index is 13.3. The maximum Gasteiger partial charge on any atom is 0.329 e. The van der Waals surface area contributed by atoms with E-state index < -0.39 is 11.7 Å². The van der Waals surface area contributed by atoms with Crippen molar-refractivity contribution in [1.29, 1.82) is 0 Å². The van der Waals surface area contributed by atoms with Gasteiger partial charge in [-0.1, -0.05) is 48.0 Å². The maximum absolute atomic E-state index is 13.3. The van der Waals surface area contributed by atoms with Crippen LogP contribution in [0.15, 0.2) is 83.8 Å². The zero-order valence-electron chi connectivity index (χ0n) is 22.3. The quantitative estimate of drug-likeness (QED) is 0.178. The number of amides is 1. The zero-order valence-corrected chi connectivity index (χ0v) is 25.2. The van der Waals surface area contributed by atoms with Gasteiger partial charge in [0.2, 0.25) is 5.88 Å². The molecule has 1 amide bonds. The van der Waals surface area contributed by atoms with E-state index in [1.807, 2.05) is 48.5 Å². The number of rotatable bonds is 9. The molecule has 5 aromatic rings. The molecule has 0 aliphatic carbocycles. The number of aromatic amines is 2. The number of H-pyrrole nitrogens is 2. The normalized spacial score (nSPS) is 11.8. The Labute approximate surface area is 254 Å². The average molecular weight is 684 g/mol. The summed E-state index contributed by atoms with van der Waals surface area (Å²) in [6, 6.07) is 21.5. The lowest BCUT2D eigenvalue weighted by Crippen LogP contribution is -2.27. The lowest BCUT2D eigenvalue weighted by atomic mass is 10.0. The molecular weight excluding hydrogens is 657 g/mol. The number of hydrogen-bond acceptors (Lipinski definition) is 5. The van der Waals surface area contributed by atoms with E-state index in [9.17, 15) is 14.7 Å². The van der Waals surface area contributed by atoms with Gasteiger partial charge < -0.3 is 24.7 Å². The summed E-state index contributed by atoms with van der Waals surface area (Å²) in [4.78, 5) is 37.3. The minimum absolute atomic E-state index is 0.0927. The van der Waals surface area contributed by atoms with Gasteiger partial charge in [0, 0.05) is 35.2 Å². The van der Waals surface area contributed by atoms with Gasteiger partial charge in [0.05, 0.1) is 16.9 Å². The number of carbonyl (C=O) groups excluding carboxylic acids is 1. The molecule has 210 valence electrons. The SMILES string of the molecule is CN(C)C(=O)COc1ccc(-c2[nH]c(=O)n([C@@H](Cc3ccccc3)c3ncc(-c4ccc(I)cc4Cl)[nH]3)c2O)cc1. The molecule has 0 saturated carbocycles. The third-order valence-corrected chi connectivity index (χ3v) is 7.61. The van der Waals surface area contributed by atoms with E-state index in [1.54, 1.807) is 44.6 Å². The first-order valence-electron chi connectivity index (χ1n) is 12.7. The highest BCUT2D eigenvalue weighted by Gasteiger charge is 2.26. The molecule has 0 spiro atoms. The Bertz CT molecular complexity index is 1730. The van der Waals surface area contributed by atoms with Crippen LogP contribution in [0.1, 0.15) is 17.4 Å². The molecule has 11 heteroatoms. The molecule has 3 aromatic carbocycles. The van der Waals surface area contributed by atoms with Crippen molar-refractivity contribution in [2.75, 3.05) is 20.7 Å². The Morgan fingerprint density at radius 2 is 1.83 bits per heavy atom. The summed E-state index contributed by atoms with van der Waals surface area (Å²) in [6.45, 7) is -0.0927. The van der Waals surface area contributed by atoms with Gasteiger partial charge in [-0.25, -0.2) is 9.78 Å². The summed E-state index contributed by atoms with van der Waals surface area (Å²) in [6.07, 6.45) is 2.07. The predicted molar refractivity (Wildman–Crippen MR) is 166 cm³/mol. The van der Waals surface area contributed by atoms with Crippen LogP contribution in [0.25, 0.3) is 22.5 Å². The topological polar surface area (TPSA) is 116 Å². The molecule has 1 atom stereocenters. The van der Waals surface area contributed by atoms with E-state index in [0.29, 0.717) is 34.3 Å². The second-order valence-corrected chi connectivity index (χ2v) is 11.3. The third kappa shape index (κ3) is 6.33. The van der Waals surface area contributed by atoms with E-state index in [0.717, 1.165) is 14.7 Å². The molecule has 0 radical (unpaired) electrons. The minimum atomic E-state index is -0.647. The smallest absolute Gasteiger partial charge is 0.329 e. The largest absolute Gasteiger partial charge is 0.493 e. The second kappa shape index (κ2) is 12.2. The zero-order chi connectivity index (χ0) is 29.1. The van der Waals surface area contributed by atoms with Gasteiger partial charge in [0.25, 0.3) is 5.91 Å². The number of ether oxygens (including phenoxy) is 1. The molecular formula is C30H27ClIN5O4. The molecule has 0 aliphatic heterocycles. The Morgan fingerprint density at radius 3 is 2.51 bits per heavy atom. The van der Waals surface area contributed by atoms with E-state index >= 15 is 0 Å². The van der Waals surface area contributed by atoms with E-state index in [1.165, 1.54) is 9.47 Å². The summed E-state index contributed by atoms with van der Waals surface area (Å²) in [5.74, 6) is 0.598. The number of nitrogens with zero attached hydrogens (tertiary/aromatic N) is 3. The Balaban J connectivity index is 1.50. The van der Waals surface area contributed by atoms with E-state index in [2.05, 4.69) is 37.5 Å². The number of imidazole rings is 2. The molecule has 2 heterocycles. The van der Waals surface area contributed by atoms with Gasteiger partial charge in [0.1, 0.15) is 23.3 Å². The van der Waals surface area contributed by atoms with E-state index in [4.69, 9.17) is 16.3 Å². The molecule has 0 bridgehead atoms. The lowest BCUT2D eigenvalue weighted by Gasteiger charge is -2.17. The average Bonchev–Trinajstić information content (AvgIpc) is 3.55. The van der Waals surface area contributed by atoms with Crippen LogP contribution in [0.3, 0.4) is 0 Å². The van der Waals surface area contributed by atoms with Crippen molar-refractivity contribution in [1.82, 2.24) is 24.4 Å². The fourth-order valence-electron chi connectivity index (χ4n) is 4.42. The highest BCUT2D eigenvalue weighted by Crippen LogP contribution is 2.34. The molecule has 0 aliphatic rings. The summed E-state index contributed by atoms with van der Waals surface area (Å²) >= 11 is 8.70. The molecule has 5 rings (SSSR count). The molecule has 0 unspecified atom stereocenters. The van der Waals surface area contributed by atoms with Crippen LogP contribution >= 0.6 is 34.2 Å². The van der Waals surface area contributed by atoms with Crippen molar-refractivity contribution in [2.24, 2.45) is 0 Å². The first-order valence-corrected chi connectivity index (χ1v) is 14.2. The van der Waals surface area contributed by atoms with Crippen LogP contribution in [0.4, 0.5) is 0 Å². The van der Waals surface area contributed by atoms with Gasteiger partial charge in [-0.3, -0.25) is 9.36 Å². The van der Waals surface area contributed by atoms with Crippen LogP contribution in [0.2, 0.25) is 5.02 Å².